The number of rotatable bonds is 5. The summed E-state index contributed by atoms with van der Waals surface area (Å²) in [5.74, 6) is 0.516. The molecule has 5 nitrogen and oxygen atoms in total. The summed E-state index contributed by atoms with van der Waals surface area (Å²) in [6.45, 7) is 18.8. The average Bonchev–Trinajstić information content (AvgIpc) is 3.37. The summed E-state index contributed by atoms with van der Waals surface area (Å²) in [4.78, 5) is 0. The van der Waals surface area contributed by atoms with Gasteiger partial charge in [-0.2, -0.15) is 0 Å². The van der Waals surface area contributed by atoms with E-state index < -0.39 is 19.7 Å². The summed E-state index contributed by atoms with van der Waals surface area (Å²) in [7, 11) is -2.08. The zero-order valence-corrected chi connectivity index (χ0v) is 27.2. The molecule has 0 aromatic heterocycles. The molecular formula is C34H54O5Si. The average molecular weight is 571 g/mol. The number of aliphatic hydroxyl groups is 1. The molecule has 1 aromatic rings. The number of hydrogen-bond acceptors (Lipinski definition) is 5. The van der Waals surface area contributed by atoms with Gasteiger partial charge in [0.15, 0.2) is 14.1 Å². The largest absolute Gasteiger partial charge is 0.411 e. The van der Waals surface area contributed by atoms with E-state index in [2.05, 4.69) is 85.0 Å². The van der Waals surface area contributed by atoms with Crippen molar-refractivity contribution in [1.29, 1.82) is 0 Å². The van der Waals surface area contributed by atoms with Gasteiger partial charge in [-0.05, 0) is 92.3 Å². The quantitative estimate of drug-likeness (QED) is 0.372. The van der Waals surface area contributed by atoms with E-state index in [1.807, 2.05) is 0 Å². The summed E-state index contributed by atoms with van der Waals surface area (Å²) >= 11 is 0. The molecule has 1 N–H and O–H groups in total. The fourth-order valence-electron chi connectivity index (χ4n) is 9.52. The predicted octanol–water partition coefficient (Wildman–Crippen LogP) is 7.47. The maximum absolute atomic E-state index is 12.9. The maximum Gasteiger partial charge on any atom is 0.192 e. The molecule has 4 saturated carbocycles. The van der Waals surface area contributed by atoms with E-state index in [1.54, 1.807) is 0 Å². The van der Waals surface area contributed by atoms with Crippen LogP contribution in [0.25, 0.3) is 0 Å². The number of fused-ring (bicyclic) bond motifs is 8. The highest BCUT2D eigenvalue weighted by atomic mass is 28.4. The van der Waals surface area contributed by atoms with E-state index in [0.29, 0.717) is 24.9 Å². The highest BCUT2D eigenvalue weighted by molar-refractivity contribution is 6.74. The van der Waals surface area contributed by atoms with Crippen LogP contribution in [0.4, 0.5) is 0 Å². The van der Waals surface area contributed by atoms with Gasteiger partial charge in [-0.1, -0.05) is 70.9 Å². The molecule has 1 saturated heterocycles. The van der Waals surface area contributed by atoms with Gasteiger partial charge in [-0.25, -0.2) is 0 Å². The van der Waals surface area contributed by atoms with Crippen LogP contribution in [-0.4, -0.2) is 49.2 Å². The van der Waals surface area contributed by atoms with E-state index in [0.717, 1.165) is 12.8 Å². The second kappa shape index (κ2) is 9.88. The van der Waals surface area contributed by atoms with Crippen molar-refractivity contribution in [2.45, 2.75) is 147 Å². The molecule has 5 fully saturated rings. The summed E-state index contributed by atoms with van der Waals surface area (Å²) in [6.07, 6.45) is 7.31. The molecule has 0 bridgehead atoms. The van der Waals surface area contributed by atoms with Crippen LogP contribution in [0.15, 0.2) is 30.3 Å². The smallest absolute Gasteiger partial charge is 0.192 e. The third-order valence-corrected chi connectivity index (χ3v) is 16.8. The molecule has 1 heterocycles. The third kappa shape index (κ3) is 4.68. The molecule has 5 aliphatic rings. The lowest BCUT2D eigenvalue weighted by molar-refractivity contribution is -0.252. The van der Waals surface area contributed by atoms with Gasteiger partial charge in [0.25, 0.3) is 0 Å². The molecule has 0 spiro atoms. The molecule has 1 aromatic carbocycles. The minimum Gasteiger partial charge on any atom is -0.411 e. The van der Waals surface area contributed by atoms with E-state index in [-0.39, 0.29) is 46.7 Å². The Labute approximate surface area is 243 Å². The van der Waals surface area contributed by atoms with E-state index >= 15 is 0 Å². The Balaban J connectivity index is 1.41. The highest BCUT2D eigenvalue weighted by Gasteiger charge is 2.71. The zero-order chi connectivity index (χ0) is 28.7. The first-order valence-electron chi connectivity index (χ1n) is 16.1. The molecule has 6 heteroatoms. The van der Waals surface area contributed by atoms with Crippen LogP contribution in [0.3, 0.4) is 0 Å². The van der Waals surface area contributed by atoms with Gasteiger partial charge in [0.2, 0.25) is 0 Å². The van der Waals surface area contributed by atoms with Crippen LogP contribution in [-0.2, 0) is 25.2 Å². The minimum atomic E-state index is -2.08. The lowest BCUT2D eigenvalue weighted by Crippen LogP contribution is -2.69. The summed E-state index contributed by atoms with van der Waals surface area (Å²) < 4.78 is 27.7. The van der Waals surface area contributed by atoms with Gasteiger partial charge in [0.1, 0.15) is 0 Å². The Morgan fingerprint density at radius 3 is 2.35 bits per heavy atom. The van der Waals surface area contributed by atoms with Crippen molar-refractivity contribution in [2.24, 2.45) is 29.1 Å². The molecule has 0 radical (unpaired) electrons. The van der Waals surface area contributed by atoms with Crippen molar-refractivity contribution in [3.8, 4) is 0 Å². The van der Waals surface area contributed by atoms with Crippen molar-refractivity contribution < 1.29 is 23.7 Å². The van der Waals surface area contributed by atoms with E-state index in [1.165, 1.54) is 31.2 Å². The number of benzene rings is 1. The first-order chi connectivity index (χ1) is 18.7. The van der Waals surface area contributed by atoms with Crippen LogP contribution in [0.1, 0.15) is 92.1 Å². The molecule has 0 amide bonds. The van der Waals surface area contributed by atoms with Crippen LogP contribution in [0.2, 0.25) is 18.1 Å². The monoisotopic (exact) mass is 570 g/mol. The Morgan fingerprint density at radius 1 is 0.950 bits per heavy atom. The topological polar surface area (TPSA) is 57.2 Å². The fraction of sp³-hybridized carbons (Fsp3) is 0.824. The minimum absolute atomic E-state index is 0.0116. The van der Waals surface area contributed by atoms with Gasteiger partial charge in [0, 0.05) is 6.42 Å². The first-order valence-corrected chi connectivity index (χ1v) is 19.0. The third-order valence-electron chi connectivity index (χ3n) is 12.3. The van der Waals surface area contributed by atoms with Crippen LogP contribution < -0.4 is 0 Å². The molecule has 6 rings (SSSR count). The van der Waals surface area contributed by atoms with Gasteiger partial charge >= 0.3 is 0 Å². The Morgan fingerprint density at radius 2 is 1.65 bits per heavy atom. The van der Waals surface area contributed by atoms with Crippen molar-refractivity contribution in [3.63, 3.8) is 0 Å². The van der Waals surface area contributed by atoms with Gasteiger partial charge in [0.05, 0.1) is 36.6 Å². The lowest BCUT2D eigenvalue weighted by Gasteiger charge is -2.64. The van der Waals surface area contributed by atoms with E-state index in [4.69, 9.17) is 18.6 Å². The van der Waals surface area contributed by atoms with Gasteiger partial charge in [-0.3, -0.25) is 0 Å². The molecule has 9 unspecified atom stereocenters. The highest BCUT2D eigenvalue weighted by Crippen LogP contribution is 2.67. The second-order valence-corrected chi connectivity index (χ2v) is 20.9. The molecule has 224 valence electrons. The normalized spacial score (nSPS) is 44.4. The molecule has 1 aliphatic heterocycles. The van der Waals surface area contributed by atoms with Crippen LogP contribution in [0, 0.1) is 29.1 Å². The summed E-state index contributed by atoms with van der Waals surface area (Å²) in [5.41, 5.74) is 0.375. The molecular weight excluding hydrogens is 516 g/mol. The number of ether oxygens (including phenoxy) is 3. The Hall–Kier alpha value is -0.763. The van der Waals surface area contributed by atoms with E-state index in [9.17, 15) is 5.11 Å². The second-order valence-electron chi connectivity index (χ2n) is 16.1. The SMILES string of the molecule is CC1(C)OC2C(O1)C1CCCC[C@]1(C)C1C(OCc3ccccc3)CC3(O)C(O[Si](C)(C)C(C)(C)C)CCC3C21. The van der Waals surface area contributed by atoms with Gasteiger partial charge in [-0.15, -0.1) is 0 Å². The van der Waals surface area contributed by atoms with Crippen molar-refractivity contribution in [2.75, 3.05) is 0 Å². The first kappa shape index (κ1) is 29.3. The van der Waals surface area contributed by atoms with Crippen LogP contribution in [0.5, 0.6) is 0 Å². The molecule has 40 heavy (non-hydrogen) atoms. The lowest BCUT2D eigenvalue weighted by atomic mass is 9.44. The maximum atomic E-state index is 12.9. The van der Waals surface area contributed by atoms with Crippen molar-refractivity contribution in [1.82, 2.24) is 0 Å². The summed E-state index contributed by atoms with van der Waals surface area (Å²) in [6, 6.07) is 10.5. The van der Waals surface area contributed by atoms with Crippen LogP contribution >= 0.6 is 0 Å². The zero-order valence-electron chi connectivity index (χ0n) is 26.2. The standard InChI is InChI=1S/C34H54O5Si/c1-31(2,3)40(7,8)39-26-18-17-23-27-28(25(20-34(23,26)35)36-21-22-14-10-9-11-15-22)33(6)19-13-12-16-24(33)29-30(27)38-32(4,5)37-29/h9-11,14-15,23-30,35H,12-13,16-21H2,1-8H3/t23?,24?,25?,26?,27?,28?,29?,30?,33-,34?/m0/s1. The Bertz CT molecular complexity index is 1070. The fourth-order valence-corrected chi connectivity index (χ4v) is 10.9. The van der Waals surface area contributed by atoms with Crippen molar-refractivity contribution in [3.05, 3.63) is 35.9 Å². The number of hydrogen-bond donors (Lipinski definition) is 1. The molecule has 10 atom stereocenters. The predicted molar refractivity (Wildman–Crippen MR) is 160 cm³/mol. The Kier molecular flexibility index (Phi) is 7.24. The summed E-state index contributed by atoms with van der Waals surface area (Å²) in [5, 5.41) is 12.9. The van der Waals surface area contributed by atoms with Crippen molar-refractivity contribution >= 4 is 8.32 Å². The molecule has 4 aliphatic carbocycles. The van der Waals surface area contributed by atoms with Gasteiger partial charge < -0.3 is 23.7 Å².